The Hall–Kier alpha value is -3.08. The third-order valence-corrected chi connectivity index (χ3v) is 4.64. The number of hydrogen-bond acceptors (Lipinski definition) is 3. The second-order valence-corrected chi connectivity index (χ2v) is 6.59. The highest BCUT2D eigenvalue weighted by Crippen LogP contribution is 2.40. The molecule has 0 aliphatic carbocycles. The van der Waals surface area contributed by atoms with Crippen LogP contribution >= 0.6 is 0 Å². The Bertz CT molecular complexity index is 957. The van der Waals surface area contributed by atoms with Crippen LogP contribution in [0.3, 0.4) is 0 Å². The largest absolute Gasteiger partial charge is 0.460 e. The summed E-state index contributed by atoms with van der Waals surface area (Å²) in [6.45, 7) is 1.96. The molecule has 2 heterocycles. The highest BCUT2D eigenvalue weighted by Gasteiger charge is 2.29. The van der Waals surface area contributed by atoms with E-state index in [1.807, 2.05) is 55.5 Å². The number of benzene rings is 2. The first-order valence-corrected chi connectivity index (χ1v) is 8.86. The minimum Gasteiger partial charge on any atom is -0.460 e. The third kappa shape index (κ3) is 3.08. The van der Waals surface area contributed by atoms with E-state index in [1.54, 1.807) is 0 Å². The van der Waals surface area contributed by atoms with Crippen LogP contribution in [0.25, 0.3) is 11.0 Å². The van der Waals surface area contributed by atoms with Crippen LogP contribution in [-0.2, 0) is 9.59 Å². The summed E-state index contributed by atoms with van der Waals surface area (Å²) >= 11 is 0. The molecule has 0 unspecified atom stereocenters. The van der Waals surface area contributed by atoms with Crippen molar-refractivity contribution >= 4 is 34.2 Å². The van der Waals surface area contributed by atoms with Gasteiger partial charge in [-0.2, -0.15) is 0 Å². The summed E-state index contributed by atoms with van der Waals surface area (Å²) in [5.74, 6) is 0.569. The van der Waals surface area contributed by atoms with E-state index < -0.39 is 0 Å². The Morgan fingerprint density at radius 3 is 2.88 bits per heavy atom. The molecule has 0 saturated carbocycles. The summed E-state index contributed by atoms with van der Waals surface area (Å²) < 4.78 is 5.99. The van der Waals surface area contributed by atoms with Gasteiger partial charge in [0.2, 0.25) is 11.8 Å². The minimum absolute atomic E-state index is 0.0246. The maximum absolute atomic E-state index is 12.2. The molecule has 1 aromatic heterocycles. The number of carbonyl (C=O) groups is 2. The highest BCUT2D eigenvalue weighted by molar-refractivity contribution is 5.97. The van der Waals surface area contributed by atoms with Gasteiger partial charge in [-0.05, 0) is 36.2 Å². The molecule has 5 heteroatoms. The number of carbonyl (C=O) groups excluding carboxylic acids is 2. The van der Waals surface area contributed by atoms with Crippen molar-refractivity contribution in [3.63, 3.8) is 0 Å². The predicted molar refractivity (Wildman–Crippen MR) is 101 cm³/mol. The number of rotatable bonds is 4. The SMILES string of the molecule is CCCC(=O)Nc1ccc2c(c1)NC(=O)C[C@H]2c1cc2ccccc2o1. The maximum atomic E-state index is 12.2. The van der Waals surface area contributed by atoms with E-state index in [1.165, 1.54) is 0 Å². The predicted octanol–water partition coefficient (Wildman–Crippen LogP) is 4.65. The first kappa shape index (κ1) is 16.4. The first-order valence-electron chi connectivity index (χ1n) is 8.86. The van der Waals surface area contributed by atoms with Crippen molar-refractivity contribution in [1.82, 2.24) is 0 Å². The fraction of sp³-hybridized carbons (Fsp3) is 0.238. The summed E-state index contributed by atoms with van der Waals surface area (Å²) in [6, 6.07) is 15.5. The van der Waals surface area contributed by atoms with E-state index in [4.69, 9.17) is 4.42 Å². The van der Waals surface area contributed by atoms with Crippen LogP contribution in [0.2, 0.25) is 0 Å². The summed E-state index contributed by atoms with van der Waals surface area (Å²) in [5.41, 5.74) is 3.23. The van der Waals surface area contributed by atoms with Gasteiger partial charge in [0.05, 0.1) is 5.92 Å². The van der Waals surface area contributed by atoms with Gasteiger partial charge in [-0.1, -0.05) is 31.2 Å². The van der Waals surface area contributed by atoms with Crippen LogP contribution in [0.15, 0.2) is 52.9 Å². The molecule has 3 aromatic rings. The lowest BCUT2D eigenvalue weighted by Gasteiger charge is -2.24. The van der Waals surface area contributed by atoms with Gasteiger partial charge >= 0.3 is 0 Å². The molecule has 0 saturated heterocycles. The molecule has 2 aromatic carbocycles. The van der Waals surface area contributed by atoms with E-state index in [9.17, 15) is 9.59 Å². The van der Waals surface area contributed by atoms with Gasteiger partial charge in [-0.3, -0.25) is 9.59 Å². The molecule has 5 nitrogen and oxygen atoms in total. The molecule has 132 valence electrons. The van der Waals surface area contributed by atoms with E-state index in [-0.39, 0.29) is 17.7 Å². The number of hydrogen-bond donors (Lipinski definition) is 2. The summed E-state index contributed by atoms with van der Waals surface area (Å²) in [7, 11) is 0. The third-order valence-electron chi connectivity index (χ3n) is 4.64. The smallest absolute Gasteiger partial charge is 0.225 e. The second kappa shape index (κ2) is 6.67. The number of nitrogens with one attached hydrogen (secondary N) is 2. The molecule has 2 amide bonds. The monoisotopic (exact) mass is 348 g/mol. The molecule has 0 spiro atoms. The quantitative estimate of drug-likeness (QED) is 0.721. The Kier molecular flexibility index (Phi) is 4.21. The first-order chi connectivity index (χ1) is 12.6. The molecule has 1 atom stereocenters. The summed E-state index contributed by atoms with van der Waals surface area (Å²) in [6.07, 6.45) is 1.61. The topological polar surface area (TPSA) is 71.3 Å². The Balaban J connectivity index is 1.69. The number of para-hydroxylation sites is 1. The van der Waals surface area contributed by atoms with Gasteiger partial charge in [-0.15, -0.1) is 0 Å². The van der Waals surface area contributed by atoms with Gasteiger partial charge < -0.3 is 15.1 Å². The average molecular weight is 348 g/mol. The van der Waals surface area contributed by atoms with Crippen molar-refractivity contribution in [3.8, 4) is 0 Å². The number of furan rings is 1. The fourth-order valence-corrected chi connectivity index (χ4v) is 3.42. The minimum atomic E-state index is -0.133. The lowest BCUT2D eigenvalue weighted by atomic mass is 9.88. The van der Waals surface area contributed by atoms with Crippen molar-refractivity contribution in [2.45, 2.75) is 32.1 Å². The summed E-state index contributed by atoms with van der Waals surface area (Å²) in [4.78, 5) is 24.0. The van der Waals surface area contributed by atoms with Crippen LogP contribution in [0.4, 0.5) is 11.4 Å². The van der Waals surface area contributed by atoms with Gasteiger partial charge in [-0.25, -0.2) is 0 Å². The molecular weight excluding hydrogens is 328 g/mol. The zero-order valence-corrected chi connectivity index (χ0v) is 14.5. The zero-order chi connectivity index (χ0) is 18.1. The van der Waals surface area contributed by atoms with Crippen LogP contribution in [0.1, 0.15) is 43.4 Å². The fourth-order valence-electron chi connectivity index (χ4n) is 3.42. The molecule has 0 radical (unpaired) electrons. The molecule has 0 bridgehead atoms. The van der Waals surface area contributed by atoms with Gasteiger partial charge in [0.15, 0.2) is 0 Å². The lowest BCUT2D eigenvalue weighted by molar-refractivity contribution is -0.117. The molecule has 26 heavy (non-hydrogen) atoms. The van der Waals surface area contributed by atoms with Crippen molar-refractivity contribution in [3.05, 3.63) is 59.9 Å². The molecule has 2 N–H and O–H groups in total. The molecular formula is C21H20N2O3. The number of amides is 2. The Morgan fingerprint density at radius 2 is 2.08 bits per heavy atom. The maximum Gasteiger partial charge on any atom is 0.225 e. The lowest BCUT2D eigenvalue weighted by Crippen LogP contribution is -2.23. The number of anilines is 2. The van der Waals surface area contributed by atoms with Crippen LogP contribution in [-0.4, -0.2) is 11.8 Å². The average Bonchev–Trinajstić information content (AvgIpc) is 3.05. The van der Waals surface area contributed by atoms with E-state index in [0.717, 1.165) is 34.4 Å². The molecule has 4 rings (SSSR count). The van der Waals surface area contributed by atoms with Crippen molar-refractivity contribution in [2.75, 3.05) is 10.6 Å². The van der Waals surface area contributed by atoms with Crippen LogP contribution in [0, 0.1) is 0 Å². The van der Waals surface area contributed by atoms with E-state index in [2.05, 4.69) is 10.6 Å². The van der Waals surface area contributed by atoms with Crippen LogP contribution < -0.4 is 10.6 Å². The standard InChI is InChI=1S/C21H20N2O3/c1-2-5-20(24)22-14-8-9-15-16(12-21(25)23-17(15)11-14)19-10-13-6-3-4-7-18(13)26-19/h3-4,6-11,16H,2,5,12H2,1H3,(H,22,24)(H,23,25)/t16-/m1/s1. The van der Waals surface area contributed by atoms with Gasteiger partial charge in [0, 0.05) is 29.6 Å². The number of fused-ring (bicyclic) bond motifs is 2. The van der Waals surface area contributed by atoms with E-state index in [0.29, 0.717) is 18.5 Å². The van der Waals surface area contributed by atoms with E-state index >= 15 is 0 Å². The Morgan fingerprint density at radius 1 is 1.23 bits per heavy atom. The molecule has 0 fully saturated rings. The zero-order valence-electron chi connectivity index (χ0n) is 14.5. The normalized spacial score (nSPS) is 16.2. The van der Waals surface area contributed by atoms with Crippen molar-refractivity contribution in [1.29, 1.82) is 0 Å². The van der Waals surface area contributed by atoms with Crippen molar-refractivity contribution < 1.29 is 14.0 Å². The van der Waals surface area contributed by atoms with Gasteiger partial charge in [0.1, 0.15) is 11.3 Å². The molecule has 1 aliphatic rings. The second-order valence-electron chi connectivity index (χ2n) is 6.59. The highest BCUT2D eigenvalue weighted by atomic mass is 16.3. The molecule has 1 aliphatic heterocycles. The van der Waals surface area contributed by atoms with Crippen molar-refractivity contribution in [2.24, 2.45) is 0 Å². The van der Waals surface area contributed by atoms with Gasteiger partial charge in [0.25, 0.3) is 0 Å². The Labute approximate surface area is 151 Å². The summed E-state index contributed by atoms with van der Waals surface area (Å²) in [5, 5.41) is 6.80. The van der Waals surface area contributed by atoms with Crippen LogP contribution in [0.5, 0.6) is 0 Å².